The standard InChI is InChI=1S/C25H27N3O6/c1-15-13-18-14-17(7-10-20(18)34-15)23(29)21-22(16-5-8-19(9-6-16)28(32)33)27(25(31)24(21)30)12-4-11-26(2)3/h5-10,14-15,22,29H,4,11-13H2,1-3H3. The van der Waals surface area contributed by atoms with E-state index in [1.165, 1.54) is 29.2 Å². The summed E-state index contributed by atoms with van der Waals surface area (Å²) >= 11 is 0. The number of fused-ring (bicyclic) bond motifs is 1. The Hall–Kier alpha value is -3.72. The van der Waals surface area contributed by atoms with Gasteiger partial charge in [-0.1, -0.05) is 0 Å². The number of rotatable bonds is 7. The Balaban J connectivity index is 1.78. The predicted molar refractivity (Wildman–Crippen MR) is 126 cm³/mol. The molecular weight excluding hydrogens is 438 g/mol. The molecule has 0 aliphatic carbocycles. The average molecular weight is 466 g/mol. The lowest BCUT2D eigenvalue weighted by atomic mass is 9.94. The lowest BCUT2D eigenvalue weighted by Gasteiger charge is -2.26. The number of hydrogen-bond donors (Lipinski definition) is 1. The van der Waals surface area contributed by atoms with Gasteiger partial charge in [-0.2, -0.15) is 0 Å². The summed E-state index contributed by atoms with van der Waals surface area (Å²) in [7, 11) is 3.83. The van der Waals surface area contributed by atoms with Crippen molar-refractivity contribution in [3.63, 3.8) is 0 Å². The molecule has 2 aliphatic heterocycles. The predicted octanol–water partition coefficient (Wildman–Crippen LogP) is 3.29. The molecule has 2 aliphatic rings. The van der Waals surface area contributed by atoms with E-state index in [4.69, 9.17) is 4.74 Å². The largest absolute Gasteiger partial charge is 0.507 e. The average Bonchev–Trinajstić information content (AvgIpc) is 3.29. The third-order valence-corrected chi connectivity index (χ3v) is 6.13. The number of ether oxygens (including phenoxy) is 1. The van der Waals surface area contributed by atoms with Gasteiger partial charge in [0.2, 0.25) is 0 Å². The highest BCUT2D eigenvalue weighted by Crippen LogP contribution is 2.41. The summed E-state index contributed by atoms with van der Waals surface area (Å²) in [5.74, 6) is -0.989. The Labute approximate surface area is 197 Å². The first-order valence-corrected chi connectivity index (χ1v) is 11.1. The van der Waals surface area contributed by atoms with Crippen LogP contribution < -0.4 is 4.74 Å². The molecular formula is C25H27N3O6. The van der Waals surface area contributed by atoms with Crippen molar-refractivity contribution in [2.24, 2.45) is 0 Å². The van der Waals surface area contributed by atoms with Gasteiger partial charge < -0.3 is 19.6 Å². The number of aliphatic hydroxyl groups is 1. The first-order valence-electron chi connectivity index (χ1n) is 11.1. The van der Waals surface area contributed by atoms with Crippen LogP contribution in [0.3, 0.4) is 0 Å². The molecule has 0 aromatic heterocycles. The van der Waals surface area contributed by atoms with Crippen LogP contribution in [0.25, 0.3) is 5.76 Å². The summed E-state index contributed by atoms with van der Waals surface area (Å²) in [4.78, 5) is 40.1. The minimum Gasteiger partial charge on any atom is -0.507 e. The molecule has 1 fully saturated rings. The third-order valence-electron chi connectivity index (χ3n) is 6.13. The van der Waals surface area contributed by atoms with Crippen molar-refractivity contribution in [3.8, 4) is 5.75 Å². The van der Waals surface area contributed by atoms with Gasteiger partial charge in [0.15, 0.2) is 0 Å². The quantitative estimate of drug-likeness (QED) is 0.219. The van der Waals surface area contributed by atoms with E-state index in [1.807, 2.05) is 25.9 Å². The van der Waals surface area contributed by atoms with Gasteiger partial charge in [0.25, 0.3) is 17.4 Å². The number of hydrogen-bond acceptors (Lipinski definition) is 7. The summed E-state index contributed by atoms with van der Waals surface area (Å²) in [6.45, 7) is 2.96. The maximum absolute atomic E-state index is 13.1. The Morgan fingerprint density at radius 2 is 1.91 bits per heavy atom. The van der Waals surface area contributed by atoms with Crippen LogP contribution in [0.2, 0.25) is 0 Å². The third kappa shape index (κ3) is 4.38. The maximum Gasteiger partial charge on any atom is 0.295 e. The molecule has 2 heterocycles. The van der Waals surface area contributed by atoms with E-state index in [0.717, 1.165) is 11.3 Å². The van der Waals surface area contributed by atoms with Gasteiger partial charge in [0.05, 0.1) is 16.5 Å². The number of carbonyl (C=O) groups excluding carboxylic acids is 2. The Bertz CT molecular complexity index is 1170. The lowest BCUT2D eigenvalue weighted by molar-refractivity contribution is -0.384. The first-order chi connectivity index (χ1) is 16.2. The number of nitrogens with zero attached hydrogens (tertiary/aromatic N) is 3. The number of non-ortho nitro benzene ring substituents is 1. The van der Waals surface area contributed by atoms with Gasteiger partial charge in [0.1, 0.15) is 17.6 Å². The van der Waals surface area contributed by atoms with Crippen molar-refractivity contribution < 1.29 is 24.4 Å². The molecule has 2 aromatic rings. The highest BCUT2D eigenvalue weighted by atomic mass is 16.6. The van der Waals surface area contributed by atoms with Gasteiger partial charge in [-0.3, -0.25) is 19.7 Å². The smallest absolute Gasteiger partial charge is 0.295 e. The van der Waals surface area contributed by atoms with Crippen LogP contribution in [-0.4, -0.2) is 64.8 Å². The zero-order valence-corrected chi connectivity index (χ0v) is 19.4. The van der Waals surface area contributed by atoms with E-state index >= 15 is 0 Å². The van der Waals surface area contributed by atoms with Crippen LogP contribution in [0.5, 0.6) is 5.75 Å². The molecule has 0 radical (unpaired) electrons. The SMILES string of the molecule is CC1Cc2cc(C(O)=C3C(=O)C(=O)N(CCCN(C)C)C3c3ccc([N+](=O)[O-])cc3)ccc2O1. The summed E-state index contributed by atoms with van der Waals surface area (Å²) in [6.07, 6.45) is 1.33. The van der Waals surface area contributed by atoms with Crippen molar-refractivity contribution in [2.45, 2.75) is 31.9 Å². The number of carbonyl (C=O) groups is 2. The Morgan fingerprint density at radius 3 is 2.56 bits per heavy atom. The molecule has 0 saturated carbocycles. The Kier molecular flexibility index (Phi) is 6.39. The number of Topliss-reactive ketones (excluding diaryl/α,β-unsaturated/α-hetero) is 1. The van der Waals surface area contributed by atoms with Crippen LogP contribution in [-0.2, 0) is 16.0 Å². The van der Waals surface area contributed by atoms with E-state index in [0.29, 0.717) is 37.1 Å². The van der Waals surface area contributed by atoms with Crippen molar-refractivity contribution >= 4 is 23.1 Å². The molecule has 0 spiro atoms. The molecule has 1 N–H and O–H groups in total. The number of aliphatic hydroxyl groups excluding tert-OH is 1. The molecule has 9 heteroatoms. The minimum absolute atomic E-state index is 0.0179. The van der Waals surface area contributed by atoms with Crippen molar-refractivity contribution in [1.82, 2.24) is 9.80 Å². The highest BCUT2D eigenvalue weighted by Gasteiger charge is 2.46. The molecule has 0 bridgehead atoms. The van der Waals surface area contributed by atoms with Gasteiger partial charge in [-0.15, -0.1) is 0 Å². The topological polar surface area (TPSA) is 113 Å². The molecule has 34 heavy (non-hydrogen) atoms. The summed E-state index contributed by atoms with van der Waals surface area (Å²) in [6, 6.07) is 10.1. The van der Waals surface area contributed by atoms with Crippen molar-refractivity contribution in [1.29, 1.82) is 0 Å². The number of nitro benzene ring substituents is 1. The van der Waals surface area contributed by atoms with Gasteiger partial charge in [-0.05, 0) is 75.4 Å². The van der Waals surface area contributed by atoms with Crippen LogP contribution in [0.4, 0.5) is 5.69 Å². The van der Waals surface area contributed by atoms with Crippen molar-refractivity contribution in [2.75, 3.05) is 27.2 Å². The van der Waals surface area contributed by atoms with E-state index in [2.05, 4.69) is 0 Å². The summed E-state index contributed by atoms with van der Waals surface area (Å²) in [5, 5.41) is 22.3. The fraction of sp³-hybridized carbons (Fsp3) is 0.360. The van der Waals surface area contributed by atoms with Crippen molar-refractivity contribution in [3.05, 3.63) is 74.8 Å². The van der Waals surface area contributed by atoms with E-state index in [-0.39, 0.29) is 23.1 Å². The molecule has 4 rings (SSSR count). The van der Waals surface area contributed by atoms with E-state index in [9.17, 15) is 24.8 Å². The Morgan fingerprint density at radius 1 is 1.21 bits per heavy atom. The van der Waals surface area contributed by atoms with Gasteiger partial charge >= 0.3 is 0 Å². The van der Waals surface area contributed by atoms with Crippen LogP contribution in [0.1, 0.15) is 36.1 Å². The van der Waals surface area contributed by atoms with Gasteiger partial charge in [-0.25, -0.2) is 0 Å². The van der Waals surface area contributed by atoms with Crippen LogP contribution in [0.15, 0.2) is 48.0 Å². The second-order valence-electron chi connectivity index (χ2n) is 8.95. The molecule has 1 amide bonds. The van der Waals surface area contributed by atoms with E-state index < -0.39 is 22.7 Å². The zero-order chi connectivity index (χ0) is 24.6. The normalized spacial score (nSPS) is 21.1. The summed E-state index contributed by atoms with van der Waals surface area (Å²) < 4.78 is 5.72. The number of likely N-dealkylation sites (tertiary alicyclic amines) is 1. The second kappa shape index (κ2) is 9.26. The molecule has 1 saturated heterocycles. The fourth-order valence-corrected chi connectivity index (χ4v) is 4.52. The van der Waals surface area contributed by atoms with Crippen LogP contribution in [0, 0.1) is 10.1 Å². The number of nitro groups is 1. The number of benzene rings is 2. The molecule has 2 unspecified atom stereocenters. The monoisotopic (exact) mass is 465 g/mol. The molecule has 178 valence electrons. The van der Waals surface area contributed by atoms with E-state index in [1.54, 1.807) is 18.2 Å². The summed E-state index contributed by atoms with van der Waals surface area (Å²) in [5.41, 5.74) is 1.75. The maximum atomic E-state index is 13.1. The van der Waals surface area contributed by atoms with Crippen LogP contribution >= 0.6 is 0 Å². The fourth-order valence-electron chi connectivity index (χ4n) is 4.52. The first kappa shape index (κ1) is 23.4. The minimum atomic E-state index is -0.841. The highest BCUT2D eigenvalue weighted by molar-refractivity contribution is 6.46. The molecule has 2 atom stereocenters. The molecule has 9 nitrogen and oxygen atoms in total. The number of ketones is 1. The second-order valence-corrected chi connectivity index (χ2v) is 8.95. The zero-order valence-electron chi connectivity index (χ0n) is 19.4. The van der Waals surface area contributed by atoms with Gasteiger partial charge in [0, 0.05) is 30.7 Å². The molecule has 2 aromatic carbocycles. The lowest BCUT2D eigenvalue weighted by Crippen LogP contribution is -2.32. The number of amides is 1.